The van der Waals surface area contributed by atoms with Gasteiger partial charge in [-0.25, -0.2) is 0 Å². The first-order valence-electron chi connectivity index (χ1n) is 13.8. The maximum absolute atomic E-state index is 14.5. The van der Waals surface area contributed by atoms with Gasteiger partial charge in [-0.2, -0.15) is 0 Å². The highest BCUT2D eigenvalue weighted by atomic mass is 35.5. The van der Waals surface area contributed by atoms with Crippen LogP contribution in [-0.2, 0) is 20.9 Å². The number of carbonyl (C=O) groups is 3. The largest absolute Gasteiger partial charge is 0.394 e. The third-order valence-corrected chi connectivity index (χ3v) is 11.2. The fraction of sp³-hybridized carbons (Fsp3) is 0.344. The van der Waals surface area contributed by atoms with Crippen LogP contribution in [0.5, 0.6) is 0 Å². The molecular formula is C32H32ClN3O4S. The number of anilines is 1. The first-order chi connectivity index (χ1) is 19.8. The molecule has 3 amide bonds. The fourth-order valence-corrected chi connectivity index (χ4v) is 9.61. The first-order valence-corrected chi connectivity index (χ1v) is 15.0. The lowest BCUT2D eigenvalue weighted by Crippen LogP contribution is -2.53. The van der Waals surface area contributed by atoms with Gasteiger partial charge in [0.1, 0.15) is 6.04 Å². The minimum Gasteiger partial charge on any atom is -0.394 e. The van der Waals surface area contributed by atoms with Crippen LogP contribution < -0.4 is 10.6 Å². The van der Waals surface area contributed by atoms with Crippen LogP contribution in [0.2, 0.25) is 5.02 Å². The molecule has 7 nitrogen and oxygen atoms in total. The molecule has 0 aliphatic carbocycles. The van der Waals surface area contributed by atoms with E-state index in [0.29, 0.717) is 30.1 Å². The van der Waals surface area contributed by atoms with Crippen LogP contribution >= 0.6 is 23.4 Å². The predicted octanol–water partition coefficient (Wildman–Crippen LogP) is 4.81. The van der Waals surface area contributed by atoms with E-state index in [1.54, 1.807) is 40.9 Å². The zero-order valence-electron chi connectivity index (χ0n) is 22.6. The molecule has 0 aromatic heterocycles. The number of aliphatic hydroxyl groups is 1. The SMILES string of the molecule is C[C@@]12CCC3(S1)C(C(=O)Nc1ccccc1Cl)N([C@H](CO)c1ccccc1)C(=O)[C@@H]3[C@@H]2C(=O)NCc1ccccc1. The second kappa shape index (κ2) is 10.8. The maximum atomic E-state index is 14.5. The maximum Gasteiger partial charge on any atom is 0.248 e. The summed E-state index contributed by atoms with van der Waals surface area (Å²) in [5.74, 6) is -2.15. The number of amides is 3. The number of rotatable bonds is 8. The molecule has 3 N–H and O–H groups in total. The van der Waals surface area contributed by atoms with Crippen LogP contribution in [0.1, 0.15) is 36.9 Å². The number of fused-ring (bicyclic) bond motifs is 1. The highest BCUT2D eigenvalue weighted by Gasteiger charge is 2.77. The van der Waals surface area contributed by atoms with Crippen molar-refractivity contribution < 1.29 is 19.5 Å². The van der Waals surface area contributed by atoms with Gasteiger partial charge in [-0.15, -0.1) is 11.8 Å². The van der Waals surface area contributed by atoms with E-state index in [1.807, 2.05) is 67.6 Å². The van der Waals surface area contributed by atoms with Crippen molar-refractivity contribution in [2.45, 2.75) is 47.9 Å². The normalized spacial score (nSPS) is 28.8. The molecule has 0 radical (unpaired) electrons. The van der Waals surface area contributed by atoms with Crippen molar-refractivity contribution in [1.29, 1.82) is 0 Å². The standard InChI is InChI=1S/C32H32ClN3O4S/c1-31-16-17-32(41-31)26(25(31)28(38)34-18-20-10-4-2-5-11-20)30(40)36(24(19-37)21-12-6-3-7-13-21)27(32)29(39)35-23-15-9-8-14-22(23)33/h2-15,24-27,37H,16-19H2,1H3,(H,34,38)(H,35,39)/t24-,25-,26+,27?,31+,32?/m1/s1. The summed E-state index contributed by atoms with van der Waals surface area (Å²) in [7, 11) is 0. The quantitative estimate of drug-likeness (QED) is 0.350. The van der Waals surface area contributed by atoms with E-state index in [-0.39, 0.29) is 24.3 Å². The molecular weight excluding hydrogens is 558 g/mol. The Hall–Kier alpha value is -3.33. The molecule has 41 heavy (non-hydrogen) atoms. The van der Waals surface area contributed by atoms with Crippen molar-refractivity contribution in [3.63, 3.8) is 0 Å². The lowest BCUT2D eigenvalue weighted by Gasteiger charge is -2.37. The van der Waals surface area contributed by atoms with E-state index in [4.69, 9.17) is 11.6 Å². The molecule has 3 fully saturated rings. The average Bonchev–Trinajstić information content (AvgIpc) is 3.55. The summed E-state index contributed by atoms with van der Waals surface area (Å²) in [6.07, 6.45) is 1.31. The molecule has 1 spiro atoms. The van der Waals surface area contributed by atoms with Crippen molar-refractivity contribution in [3.8, 4) is 0 Å². The number of nitrogens with zero attached hydrogens (tertiary/aromatic N) is 1. The van der Waals surface area contributed by atoms with Crippen molar-refractivity contribution in [2.75, 3.05) is 11.9 Å². The minimum atomic E-state index is -0.910. The van der Waals surface area contributed by atoms with Crippen LogP contribution in [0.3, 0.4) is 0 Å². The summed E-state index contributed by atoms with van der Waals surface area (Å²) in [6, 6.07) is 24.2. The summed E-state index contributed by atoms with van der Waals surface area (Å²) in [6.45, 7) is 2.04. The average molecular weight is 590 g/mol. The molecule has 9 heteroatoms. The molecule has 3 aromatic carbocycles. The topological polar surface area (TPSA) is 98.7 Å². The lowest BCUT2D eigenvalue weighted by molar-refractivity contribution is -0.142. The number of nitrogens with one attached hydrogen (secondary N) is 2. The van der Waals surface area contributed by atoms with E-state index in [9.17, 15) is 19.5 Å². The number of hydrogen-bond acceptors (Lipinski definition) is 5. The van der Waals surface area contributed by atoms with Gasteiger partial charge in [-0.1, -0.05) is 84.4 Å². The van der Waals surface area contributed by atoms with Crippen LogP contribution in [0.15, 0.2) is 84.9 Å². The third kappa shape index (κ3) is 4.62. The van der Waals surface area contributed by atoms with Crippen molar-refractivity contribution in [3.05, 3.63) is 101 Å². The van der Waals surface area contributed by atoms with Crippen molar-refractivity contribution >= 4 is 46.8 Å². The van der Waals surface area contributed by atoms with Gasteiger partial charge in [0.25, 0.3) is 0 Å². The molecule has 3 aromatic rings. The number of para-hydroxylation sites is 1. The smallest absolute Gasteiger partial charge is 0.248 e. The molecule has 3 heterocycles. The Morgan fingerprint density at radius 3 is 2.34 bits per heavy atom. The Kier molecular flexibility index (Phi) is 7.34. The number of aliphatic hydroxyl groups excluding tert-OH is 1. The fourth-order valence-electron chi connectivity index (χ4n) is 7.09. The monoisotopic (exact) mass is 589 g/mol. The Morgan fingerprint density at radius 1 is 1.00 bits per heavy atom. The third-order valence-electron chi connectivity index (χ3n) is 8.88. The van der Waals surface area contributed by atoms with Crippen molar-refractivity contribution in [2.24, 2.45) is 11.8 Å². The zero-order chi connectivity index (χ0) is 28.8. The molecule has 2 bridgehead atoms. The Labute approximate surface area is 248 Å². The summed E-state index contributed by atoms with van der Waals surface area (Å²) >= 11 is 7.99. The lowest BCUT2D eigenvalue weighted by atomic mass is 9.66. The van der Waals surface area contributed by atoms with Crippen LogP contribution in [0.4, 0.5) is 5.69 Å². The first kappa shape index (κ1) is 27.8. The van der Waals surface area contributed by atoms with Crippen LogP contribution in [-0.4, -0.2) is 49.9 Å². The summed E-state index contributed by atoms with van der Waals surface area (Å²) in [5.41, 5.74) is 2.15. The van der Waals surface area contributed by atoms with Crippen LogP contribution in [0, 0.1) is 11.8 Å². The molecule has 3 aliphatic heterocycles. The Balaban J connectivity index is 1.39. The molecule has 6 rings (SSSR count). The number of hydrogen-bond donors (Lipinski definition) is 3. The Bertz CT molecular complexity index is 1470. The van der Waals surface area contributed by atoms with Gasteiger partial charge in [-0.3, -0.25) is 14.4 Å². The summed E-state index contributed by atoms with van der Waals surface area (Å²) in [5, 5.41) is 17.1. The van der Waals surface area contributed by atoms with Gasteiger partial charge in [-0.05, 0) is 43.0 Å². The minimum absolute atomic E-state index is 0.184. The Morgan fingerprint density at radius 2 is 1.66 bits per heavy atom. The molecule has 2 unspecified atom stereocenters. The second-order valence-corrected chi connectivity index (χ2v) is 13.6. The molecule has 3 aliphatic rings. The molecule has 212 valence electrons. The van der Waals surface area contributed by atoms with E-state index >= 15 is 0 Å². The van der Waals surface area contributed by atoms with Gasteiger partial charge >= 0.3 is 0 Å². The molecule has 0 saturated carbocycles. The van der Waals surface area contributed by atoms with Gasteiger partial charge in [0, 0.05) is 11.3 Å². The van der Waals surface area contributed by atoms with E-state index < -0.39 is 33.4 Å². The van der Waals surface area contributed by atoms with E-state index in [0.717, 1.165) is 11.1 Å². The second-order valence-electron chi connectivity index (χ2n) is 11.3. The number of halogens is 1. The van der Waals surface area contributed by atoms with Crippen LogP contribution in [0.25, 0.3) is 0 Å². The highest BCUT2D eigenvalue weighted by Crippen LogP contribution is 2.72. The summed E-state index contributed by atoms with van der Waals surface area (Å²) in [4.78, 5) is 44.2. The van der Waals surface area contributed by atoms with Crippen molar-refractivity contribution in [1.82, 2.24) is 10.2 Å². The van der Waals surface area contributed by atoms with E-state index in [2.05, 4.69) is 10.6 Å². The number of likely N-dealkylation sites (tertiary alicyclic amines) is 1. The van der Waals surface area contributed by atoms with E-state index in [1.165, 1.54) is 0 Å². The van der Waals surface area contributed by atoms with Gasteiger partial charge in [0.15, 0.2) is 0 Å². The zero-order valence-corrected chi connectivity index (χ0v) is 24.2. The number of benzene rings is 3. The number of carbonyl (C=O) groups excluding carboxylic acids is 3. The molecule has 3 saturated heterocycles. The highest BCUT2D eigenvalue weighted by molar-refractivity contribution is 8.02. The predicted molar refractivity (Wildman–Crippen MR) is 160 cm³/mol. The summed E-state index contributed by atoms with van der Waals surface area (Å²) < 4.78 is -1.33. The van der Waals surface area contributed by atoms with Gasteiger partial charge in [0.05, 0.1) is 39.9 Å². The molecule has 6 atom stereocenters. The van der Waals surface area contributed by atoms with Gasteiger partial charge < -0.3 is 20.6 Å². The van der Waals surface area contributed by atoms with Gasteiger partial charge in [0.2, 0.25) is 17.7 Å². The number of thioether (sulfide) groups is 1.